The van der Waals surface area contributed by atoms with E-state index in [2.05, 4.69) is 26.1 Å². The third-order valence-corrected chi connectivity index (χ3v) is 8.20. The summed E-state index contributed by atoms with van der Waals surface area (Å²) < 4.78 is 5.60. The second-order valence-corrected chi connectivity index (χ2v) is 11.9. The highest BCUT2D eigenvalue weighted by molar-refractivity contribution is 7.14. The van der Waals surface area contributed by atoms with E-state index in [0.717, 1.165) is 33.2 Å². The van der Waals surface area contributed by atoms with Crippen LogP contribution in [0, 0.1) is 20.8 Å². The lowest BCUT2D eigenvalue weighted by Gasteiger charge is -2.13. The highest BCUT2D eigenvalue weighted by atomic mass is 35.5. The standard InChI is InChI=1S/C34H29Cl2N5O3S/c1-20-7-13-26(14-8-20)38-34-40-30(19-45-34)24-9-11-25(12-10-24)33(43)41-37-17-23-15-27(35)32(28(36)16-23)44-18-31(42)39-29-6-4-5-21(2)22(29)3/h4-17,19H,18H2,1-3H3,(H,38,40)(H,39,42)(H,41,43)/b37-17+. The number of anilines is 3. The van der Waals surface area contributed by atoms with Crippen molar-refractivity contribution in [3.8, 4) is 17.0 Å². The van der Waals surface area contributed by atoms with Gasteiger partial charge in [0.1, 0.15) is 0 Å². The summed E-state index contributed by atoms with van der Waals surface area (Å²) in [7, 11) is 0. The van der Waals surface area contributed by atoms with Crippen molar-refractivity contribution in [2.45, 2.75) is 20.8 Å². The van der Waals surface area contributed by atoms with Crippen LogP contribution in [0.25, 0.3) is 11.3 Å². The van der Waals surface area contributed by atoms with Gasteiger partial charge in [-0.15, -0.1) is 11.3 Å². The average molecular weight is 659 g/mol. The molecule has 0 saturated carbocycles. The molecule has 0 aliphatic rings. The maximum atomic E-state index is 12.7. The van der Waals surface area contributed by atoms with Gasteiger partial charge in [-0.25, -0.2) is 10.4 Å². The van der Waals surface area contributed by atoms with Crippen LogP contribution in [0.15, 0.2) is 89.3 Å². The molecule has 0 aliphatic carbocycles. The Bertz CT molecular complexity index is 1850. The Kier molecular flexibility index (Phi) is 10.1. The first kappa shape index (κ1) is 31.7. The normalized spacial score (nSPS) is 11.0. The third kappa shape index (κ3) is 8.27. The number of carbonyl (C=O) groups is 2. The van der Waals surface area contributed by atoms with Crippen molar-refractivity contribution in [1.29, 1.82) is 0 Å². The van der Waals surface area contributed by atoms with E-state index < -0.39 is 0 Å². The van der Waals surface area contributed by atoms with E-state index in [1.165, 1.54) is 23.1 Å². The predicted molar refractivity (Wildman–Crippen MR) is 184 cm³/mol. The molecule has 1 aromatic heterocycles. The summed E-state index contributed by atoms with van der Waals surface area (Å²) in [6.45, 7) is 5.67. The van der Waals surface area contributed by atoms with Crippen LogP contribution in [-0.4, -0.2) is 29.6 Å². The molecule has 0 radical (unpaired) electrons. The predicted octanol–water partition coefficient (Wildman–Crippen LogP) is 8.57. The van der Waals surface area contributed by atoms with Crippen LogP contribution < -0.4 is 20.8 Å². The van der Waals surface area contributed by atoms with Crippen molar-refractivity contribution in [3.63, 3.8) is 0 Å². The minimum atomic E-state index is -0.384. The molecule has 0 saturated heterocycles. The number of aromatic nitrogens is 1. The summed E-state index contributed by atoms with van der Waals surface area (Å²) in [6.07, 6.45) is 1.42. The summed E-state index contributed by atoms with van der Waals surface area (Å²) in [5.41, 5.74) is 10.1. The first-order valence-electron chi connectivity index (χ1n) is 13.9. The maximum absolute atomic E-state index is 12.7. The van der Waals surface area contributed by atoms with E-state index in [4.69, 9.17) is 27.9 Å². The van der Waals surface area contributed by atoms with Gasteiger partial charge in [0.25, 0.3) is 11.8 Å². The molecule has 5 aromatic rings. The van der Waals surface area contributed by atoms with Crippen LogP contribution in [-0.2, 0) is 4.79 Å². The van der Waals surface area contributed by atoms with Gasteiger partial charge in [-0.3, -0.25) is 9.59 Å². The van der Waals surface area contributed by atoms with Crippen molar-refractivity contribution in [2.75, 3.05) is 17.2 Å². The van der Waals surface area contributed by atoms with Crippen molar-refractivity contribution >= 4 is 69.1 Å². The third-order valence-electron chi connectivity index (χ3n) is 6.88. The van der Waals surface area contributed by atoms with E-state index in [0.29, 0.717) is 16.8 Å². The number of hydrogen-bond acceptors (Lipinski definition) is 7. The van der Waals surface area contributed by atoms with Gasteiger partial charge in [0.15, 0.2) is 17.5 Å². The van der Waals surface area contributed by atoms with Gasteiger partial charge >= 0.3 is 0 Å². The smallest absolute Gasteiger partial charge is 0.271 e. The second-order valence-electron chi connectivity index (χ2n) is 10.2. The van der Waals surface area contributed by atoms with Gasteiger partial charge in [0.2, 0.25) is 0 Å². The second kappa shape index (κ2) is 14.4. The summed E-state index contributed by atoms with van der Waals surface area (Å²) in [4.78, 5) is 29.7. The van der Waals surface area contributed by atoms with Gasteiger partial charge in [-0.1, -0.05) is 65.2 Å². The van der Waals surface area contributed by atoms with Crippen LogP contribution in [0.3, 0.4) is 0 Å². The maximum Gasteiger partial charge on any atom is 0.271 e. The molecule has 0 spiro atoms. The number of ether oxygens (including phenoxy) is 1. The zero-order chi connectivity index (χ0) is 31.9. The van der Waals surface area contributed by atoms with Gasteiger partial charge in [0.05, 0.1) is 22.0 Å². The lowest BCUT2D eigenvalue weighted by Crippen LogP contribution is -2.21. The van der Waals surface area contributed by atoms with Gasteiger partial charge in [-0.2, -0.15) is 5.10 Å². The summed E-state index contributed by atoms with van der Waals surface area (Å²) >= 11 is 14.3. The number of hydrogen-bond donors (Lipinski definition) is 3. The average Bonchev–Trinajstić information content (AvgIpc) is 3.49. The van der Waals surface area contributed by atoms with Gasteiger partial charge in [-0.05, 0) is 79.9 Å². The molecule has 4 aromatic carbocycles. The molecule has 0 unspecified atom stereocenters. The highest BCUT2D eigenvalue weighted by Gasteiger charge is 2.13. The molecule has 0 atom stereocenters. The minimum absolute atomic E-state index is 0.175. The van der Waals surface area contributed by atoms with E-state index in [9.17, 15) is 9.59 Å². The largest absolute Gasteiger partial charge is 0.481 e. The topological polar surface area (TPSA) is 105 Å². The Balaban J connectivity index is 1.14. The van der Waals surface area contributed by atoms with Crippen LogP contribution >= 0.6 is 34.5 Å². The van der Waals surface area contributed by atoms with Crippen molar-refractivity contribution < 1.29 is 14.3 Å². The Hall–Kier alpha value is -4.70. The number of hydrazone groups is 1. The first-order chi connectivity index (χ1) is 21.7. The number of aryl methyl sites for hydroxylation is 2. The zero-order valence-electron chi connectivity index (χ0n) is 24.7. The van der Waals surface area contributed by atoms with Crippen LogP contribution in [0.2, 0.25) is 10.0 Å². The summed E-state index contributed by atoms with van der Waals surface area (Å²) in [5, 5.41) is 13.3. The van der Waals surface area contributed by atoms with Crippen molar-refractivity contribution in [2.24, 2.45) is 5.10 Å². The SMILES string of the molecule is Cc1ccc(Nc2nc(-c3ccc(C(=O)N/N=C/c4cc(Cl)c(OCC(=O)Nc5cccc(C)c5C)c(Cl)c4)cc3)cs2)cc1. The number of rotatable bonds is 10. The number of thiazole rings is 1. The Morgan fingerprint density at radius 1 is 0.956 bits per heavy atom. The highest BCUT2D eigenvalue weighted by Crippen LogP contribution is 2.34. The molecule has 0 bridgehead atoms. The Labute approximate surface area is 275 Å². The number of nitrogens with zero attached hydrogens (tertiary/aromatic N) is 2. The molecular formula is C34H29Cl2N5O3S. The number of nitrogens with one attached hydrogen (secondary N) is 3. The number of benzene rings is 4. The molecule has 228 valence electrons. The lowest BCUT2D eigenvalue weighted by molar-refractivity contribution is -0.118. The molecular weight excluding hydrogens is 629 g/mol. The fourth-order valence-electron chi connectivity index (χ4n) is 4.25. The van der Waals surface area contributed by atoms with Crippen molar-refractivity contribution in [1.82, 2.24) is 10.4 Å². The van der Waals surface area contributed by atoms with E-state index in [-0.39, 0.29) is 34.2 Å². The lowest BCUT2D eigenvalue weighted by atomic mass is 10.1. The van der Waals surface area contributed by atoms with Gasteiger partial charge in [0, 0.05) is 27.9 Å². The summed E-state index contributed by atoms with van der Waals surface area (Å²) in [5.74, 6) is -0.553. The zero-order valence-corrected chi connectivity index (χ0v) is 27.0. The van der Waals surface area contributed by atoms with Crippen molar-refractivity contribution in [3.05, 3.63) is 122 Å². The van der Waals surface area contributed by atoms with E-state index in [1.807, 2.05) is 80.7 Å². The summed E-state index contributed by atoms with van der Waals surface area (Å²) in [6, 6.07) is 24.0. The number of amides is 2. The molecule has 2 amide bonds. The fourth-order valence-corrected chi connectivity index (χ4v) is 5.60. The van der Waals surface area contributed by atoms with Gasteiger partial charge < -0.3 is 15.4 Å². The molecule has 3 N–H and O–H groups in total. The molecule has 0 fully saturated rings. The van der Waals surface area contributed by atoms with Crippen LogP contribution in [0.5, 0.6) is 5.75 Å². The van der Waals surface area contributed by atoms with Crippen LogP contribution in [0.1, 0.15) is 32.6 Å². The molecule has 8 nitrogen and oxygen atoms in total. The Morgan fingerprint density at radius 3 is 2.38 bits per heavy atom. The monoisotopic (exact) mass is 657 g/mol. The first-order valence-corrected chi connectivity index (χ1v) is 15.5. The quantitative estimate of drug-likeness (QED) is 0.103. The van der Waals surface area contributed by atoms with Crippen LogP contribution in [0.4, 0.5) is 16.5 Å². The molecule has 1 heterocycles. The van der Waals surface area contributed by atoms with E-state index >= 15 is 0 Å². The number of carbonyl (C=O) groups excluding carboxylic acids is 2. The molecule has 5 rings (SSSR count). The fraction of sp³-hybridized carbons (Fsp3) is 0.118. The van der Waals surface area contributed by atoms with E-state index in [1.54, 1.807) is 24.3 Å². The minimum Gasteiger partial charge on any atom is -0.481 e. The Morgan fingerprint density at radius 2 is 1.67 bits per heavy atom. The molecule has 45 heavy (non-hydrogen) atoms. The molecule has 0 aliphatic heterocycles. The molecule has 11 heteroatoms. The number of halogens is 2.